The molecule has 0 aliphatic carbocycles. The number of carbonyl (C=O) groups is 1. The number of hydrogen-bond donors (Lipinski definition) is 0. The van der Waals surface area contributed by atoms with Crippen molar-refractivity contribution in [3.63, 3.8) is 0 Å². The highest BCUT2D eigenvalue weighted by atomic mass is 16.5. The van der Waals surface area contributed by atoms with E-state index in [4.69, 9.17) is 4.74 Å². The van der Waals surface area contributed by atoms with Gasteiger partial charge in [-0.2, -0.15) is 0 Å². The van der Waals surface area contributed by atoms with E-state index in [1.807, 2.05) is 45.9 Å². The van der Waals surface area contributed by atoms with Crippen LogP contribution in [0.15, 0.2) is 66.7 Å². The van der Waals surface area contributed by atoms with E-state index >= 15 is 0 Å². The van der Waals surface area contributed by atoms with Crippen molar-refractivity contribution >= 4 is 49.1 Å². The molecule has 1 heterocycles. The minimum atomic E-state index is -0.600. The van der Waals surface area contributed by atoms with E-state index in [9.17, 15) is 10.0 Å². The maximum absolute atomic E-state index is 13.9. The number of esters is 1. The lowest BCUT2D eigenvalue weighted by atomic mass is 9.80. The topological polar surface area (TPSA) is 49.4 Å². The number of fused-ring (bicyclic) bond motifs is 2. The van der Waals surface area contributed by atoms with Crippen LogP contribution in [-0.2, 0) is 9.94 Å². The Morgan fingerprint density at radius 1 is 0.735 bits per heavy atom. The first kappa shape index (κ1) is 21.3. The molecule has 1 aliphatic heterocycles. The second kappa shape index (κ2) is 7.14. The molecule has 0 amide bonds. The zero-order valence-corrected chi connectivity index (χ0v) is 20.0. The standard InChI is InChI=1S/C30H28NO3/c1-29(2)16-20(17-30(3,4)31(29)33)34-28(32)27-22-11-6-5-10-21(22)23-14-12-18-8-7-9-19-13-15-24(27)26(23)25(18)19/h5-15,20H,16-17H2,1-4H3. The third kappa shape index (κ3) is 3.02. The van der Waals surface area contributed by atoms with Gasteiger partial charge in [0.15, 0.2) is 0 Å². The van der Waals surface area contributed by atoms with Crippen LogP contribution in [0.5, 0.6) is 0 Å². The summed E-state index contributed by atoms with van der Waals surface area (Å²) in [4.78, 5) is 13.9. The molecule has 1 saturated heterocycles. The molecule has 0 atom stereocenters. The molecule has 171 valence electrons. The molecule has 5 aromatic carbocycles. The molecular formula is C30H28NO3. The van der Waals surface area contributed by atoms with Crippen molar-refractivity contribution in [2.45, 2.75) is 57.7 Å². The van der Waals surface area contributed by atoms with Gasteiger partial charge in [-0.15, -0.1) is 10.3 Å². The average Bonchev–Trinajstić information content (AvgIpc) is 2.80. The summed E-state index contributed by atoms with van der Waals surface area (Å²) in [5, 5.41) is 22.6. The molecule has 0 spiro atoms. The molecular weight excluding hydrogens is 422 g/mol. The number of carbonyl (C=O) groups excluding carboxylic acids is 1. The monoisotopic (exact) mass is 450 g/mol. The normalized spacial score (nSPS) is 18.9. The van der Waals surface area contributed by atoms with E-state index < -0.39 is 11.1 Å². The highest BCUT2D eigenvalue weighted by molar-refractivity contribution is 6.33. The Balaban J connectivity index is 1.56. The summed E-state index contributed by atoms with van der Waals surface area (Å²) in [7, 11) is 0. The van der Waals surface area contributed by atoms with Crippen LogP contribution < -0.4 is 0 Å². The lowest BCUT2D eigenvalue weighted by Gasteiger charge is -2.49. The summed E-state index contributed by atoms with van der Waals surface area (Å²) in [6.07, 6.45) is 0.699. The van der Waals surface area contributed by atoms with Crippen molar-refractivity contribution in [3.8, 4) is 0 Å². The van der Waals surface area contributed by atoms with Crippen molar-refractivity contribution < 1.29 is 14.7 Å². The Hall–Kier alpha value is -3.21. The minimum Gasteiger partial charge on any atom is -0.459 e. The van der Waals surface area contributed by atoms with Gasteiger partial charge < -0.3 is 4.74 Å². The number of rotatable bonds is 2. The van der Waals surface area contributed by atoms with Crippen molar-refractivity contribution in [2.24, 2.45) is 0 Å². The van der Waals surface area contributed by atoms with Crippen molar-refractivity contribution in [1.82, 2.24) is 5.06 Å². The zero-order valence-electron chi connectivity index (χ0n) is 20.0. The molecule has 0 saturated carbocycles. The van der Waals surface area contributed by atoms with Crippen LogP contribution in [-0.4, -0.2) is 28.2 Å². The summed E-state index contributed by atoms with van der Waals surface area (Å²) < 4.78 is 6.19. The van der Waals surface area contributed by atoms with Gasteiger partial charge in [-0.25, -0.2) is 4.79 Å². The number of benzene rings is 5. The molecule has 4 heteroatoms. The zero-order chi connectivity index (χ0) is 23.8. The number of hydroxylamine groups is 2. The van der Waals surface area contributed by atoms with Gasteiger partial charge in [-0.3, -0.25) is 0 Å². The second-order valence-corrected chi connectivity index (χ2v) is 11.0. The smallest absolute Gasteiger partial charge is 0.339 e. The van der Waals surface area contributed by atoms with E-state index in [1.165, 1.54) is 5.39 Å². The molecule has 6 rings (SSSR count). The molecule has 1 radical (unpaired) electrons. The van der Waals surface area contributed by atoms with Gasteiger partial charge in [0.25, 0.3) is 0 Å². The van der Waals surface area contributed by atoms with E-state index in [-0.39, 0.29) is 12.1 Å². The summed E-state index contributed by atoms with van der Waals surface area (Å²) in [5.74, 6) is -0.315. The van der Waals surface area contributed by atoms with Crippen molar-refractivity contribution in [1.29, 1.82) is 0 Å². The molecule has 4 nitrogen and oxygen atoms in total. The van der Waals surface area contributed by atoms with Gasteiger partial charge in [0, 0.05) is 23.9 Å². The van der Waals surface area contributed by atoms with Crippen LogP contribution >= 0.6 is 0 Å². The number of ether oxygens (including phenoxy) is 1. The average molecular weight is 451 g/mol. The largest absolute Gasteiger partial charge is 0.459 e. The Kier molecular flexibility index (Phi) is 4.48. The van der Waals surface area contributed by atoms with Gasteiger partial charge in [0.2, 0.25) is 0 Å². The van der Waals surface area contributed by atoms with E-state index in [2.05, 4.69) is 48.5 Å². The number of hydrogen-bond acceptors (Lipinski definition) is 3. The predicted molar refractivity (Wildman–Crippen MR) is 137 cm³/mol. The third-order valence-corrected chi connectivity index (χ3v) is 7.56. The van der Waals surface area contributed by atoms with Gasteiger partial charge >= 0.3 is 5.97 Å². The van der Waals surface area contributed by atoms with Crippen LogP contribution in [0.4, 0.5) is 0 Å². The van der Waals surface area contributed by atoms with Crippen molar-refractivity contribution in [3.05, 3.63) is 72.3 Å². The van der Waals surface area contributed by atoms with Crippen LogP contribution in [0.2, 0.25) is 0 Å². The van der Waals surface area contributed by atoms with Gasteiger partial charge in [-0.1, -0.05) is 66.7 Å². The van der Waals surface area contributed by atoms with Crippen molar-refractivity contribution in [2.75, 3.05) is 0 Å². The number of nitrogens with zero attached hydrogens (tertiary/aromatic N) is 1. The first-order chi connectivity index (χ1) is 16.2. The molecule has 5 aromatic rings. The minimum absolute atomic E-state index is 0.315. The Labute approximate surface area is 199 Å². The first-order valence-corrected chi connectivity index (χ1v) is 11.9. The molecule has 34 heavy (non-hydrogen) atoms. The Bertz CT molecular complexity index is 1550. The molecule has 0 aromatic heterocycles. The Morgan fingerprint density at radius 3 is 1.97 bits per heavy atom. The summed E-state index contributed by atoms with van der Waals surface area (Å²) in [6.45, 7) is 7.70. The highest BCUT2D eigenvalue weighted by Gasteiger charge is 2.47. The fourth-order valence-corrected chi connectivity index (χ4v) is 6.28. The molecule has 0 N–H and O–H groups in total. The lowest BCUT2D eigenvalue weighted by Crippen LogP contribution is -2.60. The van der Waals surface area contributed by atoms with Gasteiger partial charge in [0.05, 0.1) is 5.56 Å². The van der Waals surface area contributed by atoms with Crippen LogP contribution in [0.3, 0.4) is 0 Å². The Morgan fingerprint density at radius 2 is 1.32 bits per heavy atom. The maximum Gasteiger partial charge on any atom is 0.339 e. The lowest BCUT2D eigenvalue weighted by molar-refractivity contribution is -0.298. The SMILES string of the molecule is CC1(C)CC(OC(=O)c2c3ccccc3c3ccc4cccc5ccc2c3c54)CC(C)(C)N1[O]. The van der Waals surface area contributed by atoms with E-state index in [0.717, 1.165) is 42.8 Å². The quantitative estimate of drug-likeness (QED) is 0.162. The summed E-state index contributed by atoms with van der Waals surface area (Å²) >= 11 is 0. The third-order valence-electron chi connectivity index (χ3n) is 7.56. The fourth-order valence-electron chi connectivity index (χ4n) is 6.28. The predicted octanol–water partition coefficient (Wildman–Crippen LogP) is 7.26. The van der Waals surface area contributed by atoms with Gasteiger partial charge in [-0.05, 0) is 70.8 Å². The van der Waals surface area contributed by atoms with Crippen LogP contribution in [0.1, 0.15) is 50.9 Å². The fraction of sp³-hybridized carbons (Fsp3) is 0.300. The first-order valence-electron chi connectivity index (χ1n) is 11.9. The molecule has 1 aliphatic rings. The van der Waals surface area contributed by atoms with E-state index in [0.29, 0.717) is 18.4 Å². The summed E-state index contributed by atoms with van der Waals surface area (Å²) in [6, 6.07) is 22.9. The second-order valence-electron chi connectivity index (χ2n) is 11.0. The maximum atomic E-state index is 13.9. The van der Waals surface area contributed by atoms with E-state index in [1.54, 1.807) is 0 Å². The number of piperidine rings is 1. The molecule has 0 bridgehead atoms. The highest BCUT2D eigenvalue weighted by Crippen LogP contribution is 2.42. The molecule has 0 unspecified atom stereocenters. The van der Waals surface area contributed by atoms with Crippen LogP contribution in [0.25, 0.3) is 43.1 Å². The van der Waals surface area contributed by atoms with Gasteiger partial charge in [0.1, 0.15) is 6.10 Å². The molecule has 1 fully saturated rings. The summed E-state index contributed by atoms with van der Waals surface area (Å²) in [5.41, 5.74) is -0.587. The van der Waals surface area contributed by atoms with Crippen LogP contribution in [0, 0.1) is 0 Å².